The molecule has 3 aromatic rings. The number of amides is 1. The summed E-state index contributed by atoms with van der Waals surface area (Å²) in [5.74, 6) is 0.272. The molecule has 0 aliphatic heterocycles. The van der Waals surface area contributed by atoms with Crippen molar-refractivity contribution in [3.05, 3.63) is 82.8 Å². The third-order valence-electron chi connectivity index (χ3n) is 4.44. The van der Waals surface area contributed by atoms with Crippen LogP contribution in [0.4, 0.5) is 0 Å². The van der Waals surface area contributed by atoms with Gasteiger partial charge in [-0.15, -0.1) is 0 Å². The Morgan fingerprint density at radius 1 is 1.03 bits per heavy atom. The zero-order valence-corrected chi connectivity index (χ0v) is 17.0. The summed E-state index contributed by atoms with van der Waals surface area (Å²) in [7, 11) is 0. The van der Waals surface area contributed by atoms with Gasteiger partial charge in [-0.1, -0.05) is 12.1 Å². The lowest BCUT2D eigenvalue weighted by atomic mass is 10.1. The fraction of sp³-hybridized carbons (Fsp3) is 0.174. The molecular weight excluding hydrogens is 384 g/mol. The predicted molar refractivity (Wildman–Crippen MR) is 112 cm³/mol. The van der Waals surface area contributed by atoms with E-state index >= 15 is 0 Å². The first-order valence-electron chi connectivity index (χ1n) is 9.31. The van der Waals surface area contributed by atoms with Crippen LogP contribution in [0.5, 0.6) is 11.5 Å². The van der Waals surface area contributed by atoms with E-state index in [-0.39, 0.29) is 18.3 Å². The maximum Gasteiger partial charge on any atom is 0.379 e. The van der Waals surface area contributed by atoms with E-state index in [4.69, 9.17) is 13.9 Å². The number of nitrogens with zero attached hydrogens (tertiary/aromatic N) is 1. The zero-order chi connectivity index (χ0) is 21.5. The van der Waals surface area contributed by atoms with Gasteiger partial charge in [0.25, 0.3) is 5.91 Å². The molecule has 0 saturated heterocycles. The van der Waals surface area contributed by atoms with E-state index < -0.39 is 5.97 Å². The highest BCUT2D eigenvalue weighted by Crippen LogP contribution is 2.25. The Balaban J connectivity index is 1.48. The minimum Gasteiger partial charge on any atom is -0.483 e. The molecule has 0 saturated carbocycles. The number of furan rings is 1. The average molecular weight is 406 g/mol. The van der Waals surface area contributed by atoms with Gasteiger partial charge in [0.15, 0.2) is 6.61 Å². The van der Waals surface area contributed by atoms with E-state index in [1.54, 1.807) is 30.3 Å². The molecule has 1 aromatic heterocycles. The largest absolute Gasteiger partial charge is 0.483 e. The standard InChI is InChI=1S/C23H22N2O5/c1-15-6-7-16(2)22(17(15)3)29-14-21(26)25-24-13-18-8-10-19(11-9-18)30-23(27)20-5-4-12-28-20/h4-13H,14H2,1-3H3,(H,25,26)/b24-13-. The van der Waals surface area contributed by atoms with Crippen molar-refractivity contribution in [3.63, 3.8) is 0 Å². The summed E-state index contributed by atoms with van der Waals surface area (Å²) in [5, 5.41) is 3.92. The van der Waals surface area contributed by atoms with Gasteiger partial charge in [0.05, 0.1) is 12.5 Å². The number of hydrogen-bond donors (Lipinski definition) is 1. The minimum absolute atomic E-state index is 0.127. The molecule has 0 atom stereocenters. The van der Waals surface area contributed by atoms with Gasteiger partial charge in [0.1, 0.15) is 11.5 Å². The molecule has 0 aliphatic rings. The Kier molecular flexibility index (Phi) is 6.64. The van der Waals surface area contributed by atoms with Gasteiger partial charge in [-0.25, -0.2) is 10.2 Å². The average Bonchev–Trinajstić information content (AvgIpc) is 3.27. The number of ether oxygens (including phenoxy) is 2. The third kappa shape index (κ3) is 5.35. The number of hydrogen-bond acceptors (Lipinski definition) is 6. The van der Waals surface area contributed by atoms with Crippen LogP contribution < -0.4 is 14.9 Å². The van der Waals surface area contributed by atoms with E-state index in [0.717, 1.165) is 22.3 Å². The predicted octanol–water partition coefficient (Wildman–Crippen LogP) is 3.95. The van der Waals surface area contributed by atoms with E-state index in [1.807, 2.05) is 32.9 Å². The van der Waals surface area contributed by atoms with E-state index in [9.17, 15) is 9.59 Å². The van der Waals surface area contributed by atoms with Crippen molar-refractivity contribution in [1.29, 1.82) is 0 Å². The molecule has 3 rings (SSSR count). The second-order valence-electron chi connectivity index (χ2n) is 6.67. The summed E-state index contributed by atoms with van der Waals surface area (Å²) >= 11 is 0. The Morgan fingerprint density at radius 2 is 1.77 bits per heavy atom. The number of carbonyl (C=O) groups is 2. The molecule has 0 bridgehead atoms. The van der Waals surface area contributed by atoms with Crippen LogP contribution in [-0.4, -0.2) is 24.7 Å². The maximum absolute atomic E-state index is 12.0. The number of hydrazone groups is 1. The summed E-state index contributed by atoms with van der Waals surface area (Å²) in [6.45, 7) is 5.76. The molecule has 0 aliphatic carbocycles. The highest BCUT2D eigenvalue weighted by molar-refractivity contribution is 5.88. The Morgan fingerprint density at radius 3 is 2.47 bits per heavy atom. The molecule has 154 valence electrons. The molecule has 7 heteroatoms. The summed E-state index contributed by atoms with van der Waals surface area (Å²) in [5.41, 5.74) is 6.24. The number of nitrogens with one attached hydrogen (secondary N) is 1. The summed E-state index contributed by atoms with van der Waals surface area (Å²) in [4.78, 5) is 23.8. The summed E-state index contributed by atoms with van der Waals surface area (Å²) < 4.78 is 15.8. The first-order valence-corrected chi connectivity index (χ1v) is 9.31. The number of rotatable bonds is 7. The van der Waals surface area contributed by atoms with Gasteiger partial charge in [0.2, 0.25) is 5.76 Å². The maximum atomic E-state index is 12.0. The SMILES string of the molecule is Cc1ccc(C)c(OCC(=O)N/N=C\c2ccc(OC(=O)c3ccco3)cc2)c1C. The summed E-state index contributed by atoms with van der Waals surface area (Å²) in [6, 6.07) is 13.8. The van der Waals surface area contributed by atoms with Gasteiger partial charge in [-0.05, 0) is 79.4 Å². The van der Waals surface area contributed by atoms with Crippen LogP contribution in [0, 0.1) is 20.8 Å². The Labute approximate surface area is 174 Å². The zero-order valence-electron chi connectivity index (χ0n) is 17.0. The minimum atomic E-state index is -0.576. The molecular formula is C23H22N2O5. The number of carbonyl (C=O) groups excluding carboxylic acids is 2. The van der Waals surface area contributed by atoms with Crippen molar-refractivity contribution < 1.29 is 23.5 Å². The van der Waals surface area contributed by atoms with Crippen LogP contribution in [0.25, 0.3) is 0 Å². The summed E-state index contributed by atoms with van der Waals surface area (Å²) in [6.07, 6.45) is 2.89. The fourth-order valence-electron chi connectivity index (χ4n) is 2.67. The molecule has 0 spiro atoms. The second kappa shape index (κ2) is 9.56. The molecule has 0 unspecified atom stereocenters. The van der Waals surface area contributed by atoms with E-state index in [0.29, 0.717) is 11.5 Å². The fourth-order valence-corrected chi connectivity index (χ4v) is 2.67. The van der Waals surface area contributed by atoms with Crippen LogP contribution in [-0.2, 0) is 4.79 Å². The van der Waals surface area contributed by atoms with E-state index in [1.165, 1.54) is 18.5 Å². The van der Waals surface area contributed by atoms with E-state index in [2.05, 4.69) is 10.5 Å². The van der Waals surface area contributed by atoms with Gasteiger partial charge in [0, 0.05) is 0 Å². The quantitative estimate of drug-likeness (QED) is 0.278. The van der Waals surface area contributed by atoms with Gasteiger partial charge < -0.3 is 13.9 Å². The normalized spacial score (nSPS) is 10.8. The molecule has 1 amide bonds. The van der Waals surface area contributed by atoms with Crippen molar-refractivity contribution in [2.24, 2.45) is 5.10 Å². The van der Waals surface area contributed by atoms with Crippen molar-refractivity contribution in [2.45, 2.75) is 20.8 Å². The van der Waals surface area contributed by atoms with Gasteiger partial charge in [-0.2, -0.15) is 5.10 Å². The van der Waals surface area contributed by atoms with Crippen molar-refractivity contribution in [3.8, 4) is 11.5 Å². The smallest absolute Gasteiger partial charge is 0.379 e. The van der Waals surface area contributed by atoms with Crippen LogP contribution >= 0.6 is 0 Å². The van der Waals surface area contributed by atoms with Gasteiger partial charge in [-0.3, -0.25) is 4.79 Å². The lowest BCUT2D eigenvalue weighted by Gasteiger charge is -2.13. The number of benzene rings is 2. The molecule has 2 aromatic carbocycles. The highest BCUT2D eigenvalue weighted by Gasteiger charge is 2.11. The monoisotopic (exact) mass is 406 g/mol. The van der Waals surface area contributed by atoms with Crippen molar-refractivity contribution in [2.75, 3.05) is 6.61 Å². The van der Waals surface area contributed by atoms with Crippen LogP contribution in [0.2, 0.25) is 0 Å². The molecule has 1 N–H and O–H groups in total. The molecule has 1 heterocycles. The molecule has 30 heavy (non-hydrogen) atoms. The third-order valence-corrected chi connectivity index (χ3v) is 4.44. The number of aryl methyl sites for hydroxylation is 2. The first-order chi connectivity index (χ1) is 14.4. The van der Waals surface area contributed by atoms with Crippen LogP contribution in [0.3, 0.4) is 0 Å². The van der Waals surface area contributed by atoms with Crippen LogP contribution in [0.1, 0.15) is 32.8 Å². The number of esters is 1. The lowest BCUT2D eigenvalue weighted by molar-refractivity contribution is -0.123. The Bertz CT molecular complexity index is 1050. The van der Waals surface area contributed by atoms with Crippen LogP contribution in [0.15, 0.2) is 64.3 Å². The molecule has 0 radical (unpaired) electrons. The van der Waals surface area contributed by atoms with Gasteiger partial charge >= 0.3 is 5.97 Å². The molecule has 7 nitrogen and oxygen atoms in total. The molecule has 0 fully saturated rings. The van der Waals surface area contributed by atoms with Crippen molar-refractivity contribution >= 4 is 18.1 Å². The van der Waals surface area contributed by atoms with Crippen molar-refractivity contribution in [1.82, 2.24) is 5.43 Å². The lowest BCUT2D eigenvalue weighted by Crippen LogP contribution is -2.25. The second-order valence-corrected chi connectivity index (χ2v) is 6.67. The topological polar surface area (TPSA) is 90.1 Å². The first kappa shape index (κ1) is 20.9. The highest BCUT2D eigenvalue weighted by atomic mass is 16.5. The Hall–Kier alpha value is -3.87.